The highest BCUT2D eigenvalue weighted by Gasteiger charge is 2.29. The van der Waals surface area contributed by atoms with Gasteiger partial charge in [-0.2, -0.15) is 23.1 Å². The Morgan fingerprint density at radius 3 is 2.63 bits per heavy atom. The molecule has 0 bridgehead atoms. The van der Waals surface area contributed by atoms with E-state index in [-0.39, 0.29) is 18.5 Å². The van der Waals surface area contributed by atoms with Crippen LogP contribution in [0.3, 0.4) is 0 Å². The molecule has 2 heterocycles. The van der Waals surface area contributed by atoms with Crippen LogP contribution in [0.4, 0.5) is 19.0 Å². The number of ether oxygens (including phenoxy) is 1. The van der Waals surface area contributed by atoms with Crippen LogP contribution in [0.5, 0.6) is 6.01 Å². The van der Waals surface area contributed by atoms with Gasteiger partial charge in [0.2, 0.25) is 0 Å². The Morgan fingerprint density at radius 1 is 1.20 bits per heavy atom. The number of fused-ring (bicyclic) bond motifs is 1. The van der Waals surface area contributed by atoms with Crippen LogP contribution in [0.1, 0.15) is 25.5 Å². The maximum absolute atomic E-state index is 12.5. The summed E-state index contributed by atoms with van der Waals surface area (Å²) in [5.74, 6) is 0.499. The normalized spacial score (nSPS) is 12.9. The van der Waals surface area contributed by atoms with Crippen LogP contribution in [-0.4, -0.2) is 46.0 Å². The highest BCUT2D eigenvalue weighted by Crippen LogP contribution is 2.36. The molecule has 0 saturated heterocycles. The van der Waals surface area contributed by atoms with E-state index in [4.69, 9.17) is 4.74 Å². The van der Waals surface area contributed by atoms with E-state index in [1.54, 1.807) is 6.92 Å². The van der Waals surface area contributed by atoms with E-state index in [0.717, 1.165) is 16.6 Å². The van der Waals surface area contributed by atoms with E-state index in [2.05, 4.69) is 20.3 Å². The minimum absolute atomic E-state index is 0.0751. The maximum Gasteiger partial charge on any atom is 0.422 e. The van der Waals surface area contributed by atoms with Crippen molar-refractivity contribution in [2.45, 2.75) is 32.9 Å². The molecule has 30 heavy (non-hydrogen) atoms. The van der Waals surface area contributed by atoms with Gasteiger partial charge in [0.25, 0.3) is 0 Å². The molecule has 0 fully saturated rings. The lowest BCUT2D eigenvalue weighted by atomic mass is 10.0. The third-order valence-electron chi connectivity index (χ3n) is 4.62. The van der Waals surface area contributed by atoms with Crippen LogP contribution in [0.15, 0.2) is 24.3 Å². The number of aromatic nitrogens is 3. The Kier molecular flexibility index (Phi) is 7.09. The van der Waals surface area contributed by atoms with Gasteiger partial charge in [0.05, 0.1) is 21.5 Å². The van der Waals surface area contributed by atoms with Crippen molar-refractivity contribution < 1.29 is 23.0 Å². The van der Waals surface area contributed by atoms with Crippen molar-refractivity contribution in [3.8, 4) is 16.6 Å². The number of hydrogen-bond acceptors (Lipinski definition) is 7. The van der Waals surface area contributed by atoms with E-state index in [9.17, 15) is 18.3 Å². The van der Waals surface area contributed by atoms with Crippen LogP contribution in [0, 0.1) is 12.8 Å². The molecule has 162 valence electrons. The van der Waals surface area contributed by atoms with Crippen LogP contribution in [0.25, 0.3) is 20.8 Å². The van der Waals surface area contributed by atoms with Gasteiger partial charge in [-0.15, -0.1) is 11.3 Å². The number of aryl methyl sites for hydroxylation is 1. The first-order valence-electron chi connectivity index (χ1n) is 9.59. The van der Waals surface area contributed by atoms with Gasteiger partial charge in [0, 0.05) is 13.2 Å². The number of benzene rings is 1. The second-order valence-corrected chi connectivity index (χ2v) is 7.91. The fraction of sp³-hybridized carbons (Fsp3) is 0.450. The van der Waals surface area contributed by atoms with Crippen molar-refractivity contribution >= 4 is 27.4 Å². The molecule has 0 spiro atoms. The first-order valence-corrected chi connectivity index (χ1v) is 10.4. The van der Waals surface area contributed by atoms with E-state index < -0.39 is 12.8 Å². The minimum Gasteiger partial charge on any atom is -0.454 e. The minimum atomic E-state index is -4.48. The molecule has 0 amide bonds. The van der Waals surface area contributed by atoms with E-state index in [1.807, 2.05) is 31.2 Å². The van der Waals surface area contributed by atoms with Gasteiger partial charge in [-0.1, -0.05) is 25.5 Å². The van der Waals surface area contributed by atoms with Gasteiger partial charge in [-0.25, -0.2) is 4.98 Å². The van der Waals surface area contributed by atoms with Gasteiger partial charge in [-0.05, 0) is 31.4 Å². The average molecular weight is 440 g/mol. The summed E-state index contributed by atoms with van der Waals surface area (Å²) < 4.78 is 43.4. The molecule has 0 aliphatic carbocycles. The molecule has 0 aliphatic rings. The molecule has 0 saturated carbocycles. The zero-order valence-corrected chi connectivity index (χ0v) is 17.5. The molecule has 6 nitrogen and oxygen atoms in total. The van der Waals surface area contributed by atoms with Crippen molar-refractivity contribution in [3.63, 3.8) is 0 Å². The molecule has 2 aromatic heterocycles. The van der Waals surface area contributed by atoms with Gasteiger partial charge < -0.3 is 15.2 Å². The third kappa shape index (κ3) is 5.57. The maximum atomic E-state index is 12.5. The molecule has 0 radical (unpaired) electrons. The summed E-state index contributed by atoms with van der Waals surface area (Å²) in [6.45, 7) is 2.79. The van der Waals surface area contributed by atoms with E-state index in [0.29, 0.717) is 35.0 Å². The SMILES string of the molecule is CCC(CO)CCNc1nc(OCC(F)(F)F)nc(C)c1-c1nc2ccccc2s1. The number of hydrogen-bond donors (Lipinski definition) is 2. The summed E-state index contributed by atoms with van der Waals surface area (Å²) in [5.41, 5.74) is 1.93. The Balaban J connectivity index is 1.94. The lowest BCUT2D eigenvalue weighted by molar-refractivity contribution is -0.154. The summed E-state index contributed by atoms with van der Waals surface area (Å²) >= 11 is 1.46. The second kappa shape index (κ2) is 9.57. The van der Waals surface area contributed by atoms with Crippen molar-refractivity contribution in [2.75, 3.05) is 25.1 Å². The summed E-state index contributed by atoms with van der Waals surface area (Å²) in [4.78, 5) is 12.9. The summed E-state index contributed by atoms with van der Waals surface area (Å²) in [5, 5.41) is 13.2. The molecular formula is C20H23F3N4O2S. The predicted molar refractivity (Wildman–Crippen MR) is 111 cm³/mol. The molecule has 1 unspecified atom stereocenters. The van der Waals surface area contributed by atoms with Gasteiger partial charge in [-0.3, -0.25) is 0 Å². The largest absolute Gasteiger partial charge is 0.454 e. The lowest BCUT2D eigenvalue weighted by Crippen LogP contribution is -2.21. The number of aliphatic hydroxyl groups is 1. The Hall–Kier alpha value is -2.46. The first-order chi connectivity index (χ1) is 14.3. The monoisotopic (exact) mass is 440 g/mol. The number of thiazole rings is 1. The first kappa shape index (κ1) is 22.2. The smallest absolute Gasteiger partial charge is 0.422 e. The molecule has 1 atom stereocenters. The summed E-state index contributed by atoms with van der Waals surface area (Å²) in [7, 11) is 0. The number of aliphatic hydroxyl groups excluding tert-OH is 1. The number of nitrogens with zero attached hydrogens (tertiary/aromatic N) is 3. The van der Waals surface area contributed by atoms with Crippen molar-refractivity contribution in [1.82, 2.24) is 15.0 Å². The van der Waals surface area contributed by atoms with Crippen molar-refractivity contribution in [2.24, 2.45) is 5.92 Å². The Bertz CT molecular complexity index is 957. The van der Waals surface area contributed by atoms with Gasteiger partial charge in [0.1, 0.15) is 10.8 Å². The van der Waals surface area contributed by atoms with Gasteiger partial charge >= 0.3 is 12.2 Å². The van der Waals surface area contributed by atoms with Crippen LogP contribution in [-0.2, 0) is 0 Å². The number of alkyl halides is 3. The van der Waals surface area contributed by atoms with Crippen molar-refractivity contribution in [1.29, 1.82) is 0 Å². The Labute approximate surface area is 176 Å². The number of nitrogens with one attached hydrogen (secondary N) is 1. The summed E-state index contributed by atoms with van der Waals surface area (Å²) in [6.07, 6.45) is -2.97. The average Bonchev–Trinajstić information content (AvgIpc) is 3.12. The summed E-state index contributed by atoms with van der Waals surface area (Å²) in [6, 6.07) is 7.31. The lowest BCUT2D eigenvalue weighted by Gasteiger charge is -2.16. The molecule has 10 heteroatoms. The van der Waals surface area contributed by atoms with E-state index >= 15 is 0 Å². The third-order valence-corrected chi connectivity index (χ3v) is 5.68. The Morgan fingerprint density at radius 2 is 1.97 bits per heavy atom. The van der Waals surface area contributed by atoms with Gasteiger partial charge in [0.15, 0.2) is 6.61 Å². The van der Waals surface area contributed by atoms with Crippen LogP contribution >= 0.6 is 11.3 Å². The molecule has 3 aromatic rings. The van der Waals surface area contributed by atoms with Crippen LogP contribution < -0.4 is 10.1 Å². The fourth-order valence-corrected chi connectivity index (χ4v) is 4.00. The number of rotatable bonds is 9. The highest BCUT2D eigenvalue weighted by atomic mass is 32.1. The molecule has 2 N–H and O–H groups in total. The quantitative estimate of drug-likeness (QED) is 0.496. The highest BCUT2D eigenvalue weighted by molar-refractivity contribution is 7.21. The second-order valence-electron chi connectivity index (χ2n) is 6.88. The number of para-hydroxylation sites is 1. The number of anilines is 1. The standard InChI is InChI=1S/C20H23F3N4O2S/c1-3-13(10-28)8-9-24-17-16(18-26-14-6-4-5-7-15(14)30-18)12(2)25-19(27-17)29-11-20(21,22)23/h4-7,13,28H,3,8-11H2,1-2H3,(H,24,25,27). The predicted octanol–water partition coefficient (Wildman–Crippen LogP) is 4.82. The molecule has 1 aromatic carbocycles. The fourth-order valence-electron chi connectivity index (χ4n) is 2.94. The molecular weight excluding hydrogens is 417 g/mol. The molecule has 3 rings (SSSR count). The number of halogens is 3. The van der Waals surface area contributed by atoms with Crippen molar-refractivity contribution in [3.05, 3.63) is 30.0 Å². The topological polar surface area (TPSA) is 80.2 Å². The zero-order valence-electron chi connectivity index (χ0n) is 16.7. The zero-order chi connectivity index (χ0) is 21.7. The van der Waals surface area contributed by atoms with E-state index in [1.165, 1.54) is 11.3 Å². The molecule has 0 aliphatic heterocycles. The van der Waals surface area contributed by atoms with Crippen LogP contribution in [0.2, 0.25) is 0 Å².